The van der Waals surface area contributed by atoms with Gasteiger partial charge < -0.3 is 5.32 Å². The van der Waals surface area contributed by atoms with Crippen LogP contribution in [0.4, 0.5) is 10.1 Å². The molecule has 0 saturated carbocycles. The molecule has 134 valence electrons. The van der Waals surface area contributed by atoms with Gasteiger partial charge in [-0.3, -0.25) is 4.79 Å². The van der Waals surface area contributed by atoms with E-state index in [9.17, 15) is 9.18 Å². The highest BCUT2D eigenvalue weighted by Crippen LogP contribution is 2.26. The first-order valence-electron chi connectivity index (χ1n) is 8.34. The smallest absolute Gasteiger partial charge is 0.276 e. The van der Waals surface area contributed by atoms with Gasteiger partial charge in [0.1, 0.15) is 5.82 Å². The Morgan fingerprint density at radius 2 is 1.81 bits per heavy atom. The second kappa shape index (κ2) is 6.85. The van der Waals surface area contributed by atoms with E-state index in [1.165, 1.54) is 12.1 Å². The van der Waals surface area contributed by atoms with Crippen LogP contribution >= 0.6 is 11.6 Å². The monoisotopic (exact) mass is 379 g/mol. The van der Waals surface area contributed by atoms with Crippen molar-refractivity contribution in [1.29, 1.82) is 0 Å². The van der Waals surface area contributed by atoms with Crippen molar-refractivity contribution in [3.8, 4) is 5.69 Å². The van der Waals surface area contributed by atoms with Gasteiger partial charge in [-0.05, 0) is 43.3 Å². The number of benzene rings is 3. The van der Waals surface area contributed by atoms with Crippen LogP contribution in [0.25, 0.3) is 16.6 Å². The summed E-state index contributed by atoms with van der Waals surface area (Å²) >= 11 is 6.01. The van der Waals surface area contributed by atoms with E-state index in [0.29, 0.717) is 11.1 Å². The molecule has 4 nitrogen and oxygen atoms in total. The topological polar surface area (TPSA) is 46.9 Å². The number of para-hydroxylation sites is 1. The Hall–Kier alpha value is -3.18. The van der Waals surface area contributed by atoms with Crippen LogP contribution in [0.1, 0.15) is 16.1 Å². The fourth-order valence-corrected chi connectivity index (χ4v) is 3.10. The van der Waals surface area contributed by atoms with E-state index in [0.717, 1.165) is 22.8 Å². The molecule has 4 rings (SSSR count). The molecule has 1 heterocycles. The molecule has 0 radical (unpaired) electrons. The molecule has 0 fully saturated rings. The van der Waals surface area contributed by atoms with E-state index in [1.54, 1.807) is 4.68 Å². The number of aromatic nitrogens is 2. The third kappa shape index (κ3) is 3.29. The zero-order chi connectivity index (χ0) is 19.0. The Labute approximate surface area is 160 Å². The minimum absolute atomic E-state index is 0.130. The average Bonchev–Trinajstić information content (AvgIpc) is 3.04. The quantitative estimate of drug-likeness (QED) is 0.519. The summed E-state index contributed by atoms with van der Waals surface area (Å²) in [5.41, 5.74) is 3.41. The van der Waals surface area contributed by atoms with Gasteiger partial charge in [0, 0.05) is 5.39 Å². The summed E-state index contributed by atoms with van der Waals surface area (Å²) in [5.74, 6) is -0.877. The lowest BCUT2D eigenvalue weighted by Crippen LogP contribution is -2.14. The lowest BCUT2D eigenvalue weighted by molar-refractivity contribution is 0.102. The maximum Gasteiger partial charge on any atom is 0.276 e. The number of carbonyl (C=O) groups is 1. The van der Waals surface area contributed by atoms with Gasteiger partial charge in [-0.25, -0.2) is 9.07 Å². The molecular formula is C21H15ClFN3O. The van der Waals surface area contributed by atoms with Crippen LogP contribution in [0.2, 0.25) is 5.02 Å². The van der Waals surface area contributed by atoms with Crippen molar-refractivity contribution >= 4 is 34.1 Å². The average molecular weight is 380 g/mol. The number of halogens is 2. The first kappa shape index (κ1) is 17.2. The maximum atomic E-state index is 13.2. The van der Waals surface area contributed by atoms with Crippen molar-refractivity contribution < 1.29 is 9.18 Å². The van der Waals surface area contributed by atoms with Gasteiger partial charge in [0.25, 0.3) is 5.91 Å². The second-order valence-electron chi connectivity index (χ2n) is 6.19. The minimum Gasteiger partial charge on any atom is -0.319 e. The van der Waals surface area contributed by atoms with Crippen molar-refractivity contribution in [3.05, 3.63) is 88.8 Å². The number of carbonyl (C=O) groups excluding carboxylic acids is 1. The minimum atomic E-state index is -0.466. The normalized spacial score (nSPS) is 10.9. The van der Waals surface area contributed by atoms with Crippen LogP contribution in [0.15, 0.2) is 66.7 Å². The van der Waals surface area contributed by atoms with E-state index in [1.807, 2.05) is 55.5 Å². The lowest BCUT2D eigenvalue weighted by Gasteiger charge is -2.06. The number of amides is 1. The first-order chi connectivity index (χ1) is 13.0. The summed E-state index contributed by atoms with van der Waals surface area (Å²) in [4.78, 5) is 12.8. The Bertz CT molecular complexity index is 1150. The SMILES string of the molecule is Cc1ccc(-n2nc(C(=O)Nc3ccc(F)cc3Cl)c3ccccc32)cc1. The maximum absolute atomic E-state index is 13.2. The van der Waals surface area contributed by atoms with Crippen LogP contribution in [0.3, 0.4) is 0 Å². The molecule has 0 spiro atoms. The summed E-state index contributed by atoms with van der Waals surface area (Å²) in [7, 11) is 0. The van der Waals surface area contributed by atoms with E-state index in [4.69, 9.17) is 11.6 Å². The number of rotatable bonds is 3. The van der Waals surface area contributed by atoms with E-state index in [2.05, 4.69) is 10.4 Å². The predicted molar refractivity (Wildman–Crippen MR) is 105 cm³/mol. The molecule has 0 aliphatic rings. The summed E-state index contributed by atoms with van der Waals surface area (Å²) in [5, 5.41) is 8.07. The van der Waals surface area contributed by atoms with Gasteiger partial charge in [-0.1, -0.05) is 47.5 Å². The number of anilines is 1. The number of nitrogens with one attached hydrogen (secondary N) is 1. The van der Waals surface area contributed by atoms with Crippen LogP contribution in [-0.4, -0.2) is 15.7 Å². The Balaban J connectivity index is 1.77. The standard InChI is InChI=1S/C21H15ClFN3O/c1-13-6-9-15(10-7-13)26-19-5-3-2-4-16(19)20(25-26)21(27)24-18-11-8-14(23)12-17(18)22/h2-12H,1H3,(H,24,27). The molecule has 0 aliphatic carbocycles. The molecule has 0 saturated heterocycles. The highest BCUT2D eigenvalue weighted by atomic mass is 35.5. The van der Waals surface area contributed by atoms with E-state index < -0.39 is 11.7 Å². The molecule has 6 heteroatoms. The van der Waals surface area contributed by atoms with E-state index >= 15 is 0 Å². The number of fused-ring (bicyclic) bond motifs is 1. The largest absolute Gasteiger partial charge is 0.319 e. The van der Waals surface area contributed by atoms with Crippen LogP contribution in [0.5, 0.6) is 0 Å². The predicted octanol–water partition coefficient (Wildman–Crippen LogP) is 5.38. The number of hydrogen-bond acceptors (Lipinski definition) is 2. The van der Waals surface area contributed by atoms with Crippen molar-refractivity contribution in [3.63, 3.8) is 0 Å². The Morgan fingerprint density at radius 1 is 1.07 bits per heavy atom. The fraction of sp³-hybridized carbons (Fsp3) is 0.0476. The summed E-state index contributed by atoms with van der Waals surface area (Å²) in [6.45, 7) is 2.01. The second-order valence-corrected chi connectivity index (χ2v) is 6.60. The highest BCUT2D eigenvalue weighted by molar-refractivity contribution is 6.34. The molecule has 0 aliphatic heterocycles. The van der Waals surface area contributed by atoms with Crippen LogP contribution < -0.4 is 5.32 Å². The Morgan fingerprint density at radius 3 is 2.56 bits per heavy atom. The van der Waals surface area contributed by atoms with Crippen molar-refractivity contribution in [2.75, 3.05) is 5.32 Å². The number of aryl methyl sites for hydroxylation is 1. The van der Waals surface area contributed by atoms with Gasteiger partial charge in [-0.15, -0.1) is 0 Å². The van der Waals surface area contributed by atoms with Crippen LogP contribution in [0, 0.1) is 12.7 Å². The van der Waals surface area contributed by atoms with Gasteiger partial charge in [0.2, 0.25) is 0 Å². The highest BCUT2D eigenvalue weighted by Gasteiger charge is 2.19. The molecule has 1 amide bonds. The lowest BCUT2D eigenvalue weighted by atomic mass is 10.2. The summed E-state index contributed by atoms with van der Waals surface area (Å²) < 4.78 is 15.0. The molecule has 4 aromatic rings. The molecule has 3 aromatic carbocycles. The van der Waals surface area contributed by atoms with Crippen molar-refractivity contribution in [2.45, 2.75) is 6.92 Å². The molecular weight excluding hydrogens is 365 g/mol. The first-order valence-corrected chi connectivity index (χ1v) is 8.72. The molecule has 0 atom stereocenters. The van der Waals surface area contributed by atoms with Crippen molar-refractivity contribution in [1.82, 2.24) is 9.78 Å². The zero-order valence-electron chi connectivity index (χ0n) is 14.4. The fourth-order valence-electron chi connectivity index (χ4n) is 2.89. The number of hydrogen-bond donors (Lipinski definition) is 1. The molecule has 1 N–H and O–H groups in total. The van der Waals surface area contributed by atoms with Crippen molar-refractivity contribution in [2.24, 2.45) is 0 Å². The van der Waals surface area contributed by atoms with E-state index in [-0.39, 0.29) is 10.7 Å². The summed E-state index contributed by atoms with van der Waals surface area (Å²) in [6, 6.07) is 19.2. The summed E-state index contributed by atoms with van der Waals surface area (Å²) in [6.07, 6.45) is 0. The van der Waals surface area contributed by atoms with Gasteiger partial charge in [0.15, 0.2) is 5.69 Å². The third-order valence-electron chi connectivity index (χ3n) is 4.26. The van der Waals surface area contributed by atoms with Gasteiger partial charge in [0.05, 0.1) is 21.9 Å². The third-order valence-corrected chi connectivity index (χ3v) is 4.57. The van der Waals surface area contributed by atoms with Gasteiger partial charge in [-0.2, -0.15) is 5.10 Å². The van der Waals surface area contributed by atoms with Gasteiger partial charge >= 0.3 is 0 Å². The number of nitrogens with zero attached hydrogens (tertiary/aromatic N) is 2. The molecule has 1 aromatic heterocycles. The molecule has 0 unspecified atom stereocenters. The zero-order valence-corrected chi connectivity index (χ0v) is 15.2. The Kier molecular flexibility index (Phi) is 4.38. The van der Waals surface area contributed by atoms with Crippen LogP contribution in [-0.2, 0) is 0 Å². The molecule has 27 heavy (non-hydrogen) atoms. The molecule has 0 bridgehead atoms.